The van der Waals surface area contributed by atoms with Crippen molar-refractivity contribution >= 4 is 23.8 Å². The van der Waals surface area contributed by atoms with Crippen LogP contribution in [0.4, 0.5) is 4.79 Å². The molecule has 10 nitrogen and oxygen atoms in total. The number of likely N-dealkylation sites (tertiary alicyclic amines) is 1. The van der Waals surface area contributed by atoms with Crippen LogP contribution in [0, 0.1) is 5.92 Å². The zero-order chi connectivity index (χ0) is 23.9. The molecule has 1 saturated heterocycles. The van der Waals surface area contributed by atoms with E-state index in [0.29, 0.717) is 31.7 Å². The largest absolute Gasteiger partial charge is 0.444 e. The summed E-state index contributed by atoms with van der Waals surface area (Å²) in [7, 11) is 0. The average Bonchev–Trinajstić information content (AvgIpc) is 3.39. The lowest BCUT2D eigenvalue weighted by Gasteiger charge is -2.28. The summed E-state index contributed by atoms with van der Waals surface area (Å²) in [5.41, 5.74) is -0.682. The number of rotatable bonds is 10. The first-order valence-electron chi connectivity index (χ1n) is 11.1. The van der Waals surface area contributed by atoms with Gasteiger partial charge in [0.25, 0.3) is 5.91 Å². The molecule has 4 N–H and O–H groups in total. The lowest BCUT2D eigenvalue weighted by molar-refractivity contribution is -0.139. The van der Waals surface area contributed by atoms with E-state index in [-0.39, 0.29) is 13.1 Å². The molecule has 0 aromatic rings. The second-order valence-electron chi connectivity index (χ2n) is 9.37. The summed E-state index contributed by atoms with van der Waals surface area (Å²) in [6, 6.07) is -1.45. The number of alkyl carbamates (subject to hydrolysis) is 1. The Morgan fingerprint density at radius 3 is 2.47 bits per heavy atom. The minimum absolute atomic E-state index is 0.218. The molecule has 0 aromatic heterocycles. The van der Waals surface area contributed by atoms with Crippen LogP contribution in [0.5, 0.6) is 0 Å². The number of hydrogen-bond acceptors (Lipinski definition) is 6. The van der Waals surface area contributed by atoms with Crippen LogP contribution in [0.3, 0.4) is 0 Å². The molecule has 2 rings (SSSR count). The normalized spacial score (nSPS) is 20.1. The van der Waals surface area contributed by atoms with Gasteiger partial charge in [0.05, 0.1) is 6.04 Å². The van der Waals surface area contributed by atoms with E-state index in [2.05, 4.69) is 22.5 Å². The Morgan fingerprint density at radius 2 is 1.88 bits per heavy atom. The van der Waals surface area contributed by atoms with Crippen molar-refractivity contribution in [2.24, 2.45) is 5.92 Å². The second kappa shape index (κ2) is 11.3. The van der Waals surface area contributed by atoms with Gasteiger partial charge in [-0.2, -0.15) is 0 Å². The molecule has 3 unspecified atom stereocenters. The molecule has 0 radical (unpaired) electrons. The molecule has 1 aliphatic carbocycles. The van der Waals surface area contributed by atoms with Gasteiger partial charge >= 0.3 is 6.09 Å². The highest BCUT2D eigenvalue weighted by atomic mass is 16.6. The van der Waals surface area contributed by atoms with E-state index in [9.17, 15) is 24.3 Å². The Balaban J connectivity index is 1.94. The lowest BCUT2D eigenvalue weighted by atomic mass is 10.0. The highest BCUT2D eigenvalue weighted by molar-refractivity contribution is 5.91. The minimum atomic E-state index is -1.39. The number of hydrogen-bond donors (Lipinski definition) is 4. The number of nitrogens with one attached hydrogen (secondary N) is 3. The zero-order valence-corrected chi connectivity index (χ0v) is 19.2. The molecular formula is C22H36N4O6. The van der Waals surface area contributed by atoms with Gasteiger partial charge < -0.3 is 30.7 Å². The van der Waals surface area contributed by atoms with E-state index in [1.54, 1.807) is 20.8 Å². The summed E-state index contributed by atoms with van der Waals surface area (Å²) in [4.78, 5) is 51.0. The molecule has 0 bridgehead atoms. The number of aliphatic hydroxyl groups is 1. The van der Waals surface area contributed by atoms with Crippen molar-refractivity contribution in [3.8, 4) is 0 Å². The summed E-state index contributed by atoms with van der Waals surface area (Å²) in [6.07, 6.45) is 3.02. The molecule has 3 atom stereocenters. The fourth-order valence-electron chi connectivity index (χ4n) is 3.62. The third kappa shape index (κ3) is 8.14. The topological polar surface area (TPSA) is 137 Å². The quantitative estimate of drug-likeness (QED) is 0.355. The fourth-order valence-corrected chi connectivity index (χ4v) is 3.62. The average molecular weight is 453 g/mol. The van der Waals surface area contributed by atoms with E-state index in [1.807, 2.05) is 0 Å². The molecule has 10 heteroatoms. The van der Waals surface area contributed by atoms with Crippen molar-refractivity contribution in [1.82, 2.24) is 20.9 Å². The molecule has 2 fully saturated rings. The van der Waals surface area contributed by atoms with Gasteiger partial charge in [-0.3, -0.25) is 14.4 Å². The Bertz CT molecular complexity index is 716. The second-order valence-corrected chi connectivity index (χ2v) is 9.37. The van der Waals surface area contributed by atoms with Gasteiger partial charge in [0, 0.05) is 13.1 Å². The van der Waals surface area contributed by atoms with Gasteiger partial charge in [0.15, 0.2) is 6.10 Å². The summed E-state index contributed by atoms with van der Waals surface area (Å²) in [5.74, 6) is -1.01. The molecule has 32 heavy (non-hydrogen) atoms. The molecule has 0 spiro atoms. The molecule has 2 aliphatic rings. The maximum absolute atomic E-state index is 13.0. The van der Waals surface area contributed by atoms with Crippen molar-refractivity contribution in [3.63, 3.8) is 0 Å². The molecule has 180 valence electrons. The van der Waals surface area contributed by atoms with E-state index in [0.717, 1.165) is 12.8 Å². The van der Waals surface area contributed by atoms with E-state index in [1.165, 1.54) is 11.0 Å². The summed E-state index contributed by atoms with van der Waals surface area (Å²) in [6.45, 7) is 9.02. The Morgan fingerprint density at radius 1 is 1.19 bits per heavy atom. The monoisotopic (exact) mass is 452 g/mol. The van der Waals surface area contributed by atoms with E-state index >= 15 is 0 Å². The third-order valence-corrected chi connectivity index (χ3v) is 5.34. The highest BCUT2D eigenvalue weighted by Crippen LogP contribution is 2.34. The van der Waals surface area contributed by atoms with Crippen molar-refractivity contribution in [2.75, 3.05) is 19.6 Å². The number of carbonyl (C=O) groups is 4. The van der Waals surface area contributed by atoms with Gasteiger partial charge in [-0.15, -0.1) is 6.58 Å². The number of carbonyl (C=O) groups excluding carboxylic acids is 4. The number of amides is 4. The maximum atomic E-state index is 13.0. The zero-order valence-electron chi connectivity index (χ0n) is 19.2. The van der Waals surface area contributed by atoms with E-state index in [4.69, 9.17) is 4.74 Å². The van der Waals surface area contributed by atoms with Gasteiger partial charge in [0.2, 0.25) is 11.8 Å². The highest BCUT2D eigenvalue weighted by Gasteiger charge is 2.38. The predicted octanol–water partition coefficient (Wildman–Crippen LogP) is 0.450. The molecule has 1 aliphatic heterocycles. The molecule has 1 saturated carbocycles. The smallest absolute Gasteiger partial charge is 0.408 e. The van der Waals surface area contributed by atoms with Crippen LogP contribution in [0.25, 0.3) is 0 Å². The van der Waals surface area contributed by atoms with Crippen LogP contribution in [0.1, 0.15) is 52.9 Å². The van der Waals surface area contributed by atoms with Crippen LogP contribution in [0.2, 0.25) is 0 Å². The van der Waals surface area contributed by atoms with Gasteiger partial charge in [0.1, 0.15) is 18.2 Å². The van der Waals surface area contributed by atoms with Gasteiger partial charge in [-0.25, -0.2) is 4.79 Å². The Labute approximate surface area is 189 Å². The van der Waals surface area contributed by atoms with Crippen LogP contribution in [0.15, 0.2) is 12.7 Å². The number of ether oxygens (including phenoxy) is 1. The number of aliphatic hydroxyl groups excluding tert-OH is 1. The molecule has 4 amide bonds. The van der Waals surface area contributed by atoms with Crippen molar-refractivity contribution < 1.29 is 29.0 Å². The predicted molar refractivity (Wildman–Crippen MR) is 117 cm³/mol. The standard InChI is InChI=1S/C22H36N4O6/c1-5-10-23-20(30)18(28)15(12-14-8-9-14)25-19(29)16-7-6-11-26(16)17(27)13-24-21(31)32-22(2,3)4/h5,14-16,18,28H,1,6-13H2,2-4H3,(H,23,30)(H,24,31)(H,25,29). The molecule has 0 aromatic carbocycles. The lowest BCUT2D eigenvalue weighted by Crippen LogP contribution is -2.56. The Hall–Kier alpha value is -2.62. The first-order valence-corrected chi connectivity index (χ1v) is 11.1. The van der Waals surface area contributed by atoms with Crippen LogP contribution in [-0.2, 0) is 19.1 Å². The van der Waals surface area contributed by atoms with Gasteiger partial charge in [-0.05, 0) is 46.0 Å². The SMILES string of the molecule is C=CCNC(=O)C(O)C(CC1CC1)NC(=O)C1CCCN1C(=O)CNC(=O)OC(C)(C)C. The molecular weight excluding hydrogens is 416 g/mol. The van der Waals surface area contributed by atoms with Crippen molar-refractivity contribution in [3.05, 3.63) is 12.7 Å². The summed E-state index contributed by atoms with van der Waals surface area (Å²) >= 11 is 0. The van der Waals surface area contributed by atoms with Crippen LogP contribution in [-0.4, -0.2) is 77.2 Å². The minimum Gasteiger partial charge on any atom is -0.444 e. The third-order valence-electron chi connectivity index (χ3n) is 5.34. The van der Waals surface area contributed by atoms with Crippen molar-refractivity contribution in [1.29, 1.82) is 0 Å². The maximum Gasteiger partial charge on any atom is 0.408 e. The van der Waals surface area contributed by atoms with E-state index < -0.39 is 47.6 Å². The molecule has 1 heterocycles. The summed E-state index contributed by atoms with van der Waals surface area (Å²) < 4.78 is 5.13. The first-order chi connectivity index (χ1) is 15.0. The number of nitrogens with zero attached hydrogens (tertiary/aromatic N) is 1. The van der Waals surface area contributed by atoms with Crippen LogP contribution >= 0.6 is 0 Å². The fraction of sp³-hybridized carbons (Fsp3) is 0.727. The van der Waals surface area contributed by atoms with Crippen LogP contribution < -0.4 is 16.0 Å². The Kier molecular flexibility index (Phi) is 9.06. The first kappa shape index (κ1) is 25.6. The summed E-state index contributed by atoms with van der Waals surface area (Å²) in [5, 5.41) is 18.2. The van der Waals surface area contributed by atoms with Crippen molar-refractivity contribution in [2.45, 2.75) is 76.7 Å². The van der Waals surface area contributed by atoms with Gasteiger partial charge in [-0.1, -0.05) is 18.9 Å².